The number of aromatic carboxylic acids is 1. The summed E-state index contributed by atoms with van der Waals surface area (Å²) in [5, 5.41) is 13.4. The molecule has 0 radical (unpaired) electrons. The Bertz CT molecular complexity index is 1510. The minimum atomic E-state index is -3.55. The van der Waals surface area contributed by atoms with E-state index in [0.29, 0.717) is 23.1 Å². The molecule has 1 fully saturated rings. The maximum Gasteiger partial charge on any atom is 0.348 e. The van der Waals surface area contributed by atoms with Crippen LogP contribution in [0, 0.1) is 55.3 Å². The van der Waals surface area contributed by atoms with Crippen molar-refractivity contribution < 1.29 is 19.0 Å². The zero-order chi connectivity index (χ0) is 30.6. The zero-order valence-corrected chi connectivity index (χ0v) is 27.6. The van der Waals surface area contributed by atoms with Crippen molar-refractivity contribution in [2.24, 2.45) is 29.6 Å². The highest BCUT2D eigenvalue weighted by molar-refractivity contribution is 7.68. The molecule has 1 aliphatic carbocycles. The Morgan fingerprint density at radius 2 is 1.81 bits per heavy atom. The van der Waals surface area contributed by atoms with Crippen LogP contribution in [-0.2, 0) is 9.09 Å². The van der Waals surface area contributed by atoms with Crippen LogP contribution in [0.2, 0.25) is 0 Å². The first-order valence-electron chi connectivity index (χ1n) is 14.9. The highest BCUT2D eigenvalue weighted by atomic mass is 32.1. The first kappa shape index (κ1) is 32.1. The van der Waals surface area contributed by atoms with Gasteiger partial charge in [-0.2, -0.15) is 0 Å². The van der Waals surface area contributed by atoms with Gasteiger partial charge in [0.2, 0.25) is 0 Å². The first-order valence-corrected chi connectivity index (χ1v) is 17.3. The second-order valence-electron chi connectivity index (χ2n) is 12.4. The van der Waals surface area contributed by atoms with Crippen molar-refractivity contribution in [1.29, 1.82) is 0 Å². The lowest BCUT2D eigenvalue weighted by molar-refractivity contribution is 0.0703. The van der Waals surface area contributed by atoms with Crippen LogP contribution in [0.3, 0.4) is 0 Å². The van der Waals surface area contributed by atoms with Gasteiger partial charge in [0, 0.05) is 23.5 Å². The molecule has 0 aliphatic heterocycles. The summed E-state index contributed by atoms with van der Waals surface area (Å²) in [6.07, 6.45) is 5.09. The molecule has 3 aromatic rings. The Hall–Kier alpha value is -2.84. The molecule has 0 spiro atoms. The summed E-state index contributed by atoms with van der Waals surface area (Å²) in [7, 11) is -2.18. The van der Waals surface area contributed by atoms with Crippen LogP contribution >= 0.6 is 18.9 Å². The van der Waals surface area contributed by atoms with Gasteiger partial charge in [0.05, 0.1) is 11.0 Å². The molecule has 5 atom stereocenters. The van der Waals surface area contributed by atoms with E-state index in [-0.39, 0.29) is 10.6 Å². The Labute approximate surface area is 255 Å². The van der Waals surface area contributed by atoms with Crippen molar-refractivity contribution in [1.82, 2.24) is 0 Å². The standard InChI is InChI=1S/C35H44NO4PS/c1-22(2)8-9-23(3)18-25(5)30-20-29(30)16-13-27-11-14-28(15-12-27)33-21-31(34(42-33)35(37)38)36-41(39,40-7)32-17-10-24(4)19-26(32)6/h10-12,14-15,17,19,21-23,25,29-30H,8-9,18,20H2,1-7H3,(H,36,39)(H,37,38). The summed E-state index contributed by atoms with van der Waals surface area (Å²) in [4.78, 5) is 13.0. The molecule has 0 amide bonds. The monoisotopic (exact) mass is 605 g/mol. The van der Waals surface area contributed by atoms with Crippen molar-refractivity contribution in [3.05, 3.63) is 70.1 Å². The Morgan fingerprint density at radius 3 is 2.43 bits per heavy atom. The summed E-state index contributed by atoms with van der Waals surface area (Å²) in [6, 6.07) is 15.2. The minimum Gasteiger partial charge on any atom is -0.477 e. The van der Waals surface area contributed by atoms with E-state index in [4.69, 9.17) is 4.52 Å². The van der Waals surface area contributed by atoms with Crippen molar-refractivity contribution in [3.63, 3.8) is 0 Å². The molecule has 1 heterocycles. The molecule has 5 unspecified atom stereocenters. The second-order valence-corrected chi connectivity index (χ2v) is 15.7. The van der Waals surface area contributed by atoms with Crippen molar-refractivity contribution >= 4 is 35.8 Å². The lowest BCUT2D eigenvalue weighted by Gasteiger charge is -2.20. The summed E-state index contributed by atoms with van der Waals surface area (Å²) in [5.41, 5.74) is 3.98. The average molecular weight is 606 g/mol. The first-order chi connectivity index (χ1) is 19.9. The van der Waals surface area contributed by atoms with Gasteiger partial charge in [-0.3, -0.25) is 4.57 Å². The van der Waals surface area contributed by atoms with Gasteiger partial charge in [0.15, 0.2) is 0 Å². The Balaban J connectivity index is 1.44. The molecule has 0 saturated heterocycles. The molecule has 2 N–H and O–H groups in total. The van der Waals surface area contributed by atoms with Crippen LogP contribution in [0.4, 0.5) is 5.69 Å². The van der Waals surface area contributed by atoms with Crippen LogP contribution in [0.15, 0.2) is 48.5 Å². The SMILES string of the molecule is COP(=O)(Nc1cc(-c2ccc(C#CC3CC3C(C)CC(C)CCC(C)C)cc2)sc1C(=O)O)c1ccc(C)cc1C. The van der Waals surface area contributed by atoms with Gasteiger partial charge < -0.3 is 14.7 Å². The highest BCUT2D eigenvalue weighted by Gasteiger charge is 2.40. The Kier molecular flexibility index (Phi) is 10.4. The summed E-state index contributed by atoms with van der Waals surface area (Å²) < 4.78 is 19.3. The molecule has 1 aromatic heterocycles. The van der Waals surface area contributed by atoms with Gasteiger partial charge in [-0.05, 0) is 85.8 Å². The maximum absolute atomic E-state index is 13.8. The molecule has 224 valence electrons. The van der Waals surface area contributed by atoms with E-state index in [1.165, 1.54) is 32.8 Å². The van der Waals surface area contributed by atoms with Crippen molar-refractivity contribution in [2.75, 3.05) is 12.2 Å². The topological polar surface area (TPSA) is 75.6 Å². The molecule has 1 aliphatic rings. The second kappa shape index (κ2) is 13.6. The number of carboxylic acid groups (broad SMARTS) is 1. The fourth-order valence-corrected chi connectivity index (χ4v) is 8.46. The summed E-state index contributed by atoms with van der Waals surface area (Å²) in [5.74, 6) is 9.21. The lowest BCUT2D eigenvalue weighted by atomic mass is 9.88. The van der Waals surface area contributed by atoms with E-state index in [0.717, 1.165) is 50.3 Å². The molecule has 1 saturated carbocycles. The number of thiophene rings is 1. The zero-order valence-electron chi connectivity index (χ0n) is 25.9. The van der Waals surface area contributed by atoms with Gasteiger partial charge in [0.1, 0.15) is 4.88 Å². The van der Waals surface area contributed by atoms with Gasteiger partial charge in [-0.15, -0.1) is 11.3 Å². The molecule has 2 aromatic carbocycles. The number of benzene rings is 2. The predicted octanol–water partition coefficient (Wildman–Crippen LogP) is 9.39. The summed E-state index contributed by atoms with van der Waals surface area (Å²) >= 11 is 1.15. The fourth-order valence-electron chi connectivity index (χ4n) is 5.72. The van der Waals surface area contributed by atoms with Crippen LogP contribution in [0.1, 0.15) is 79.7 Å². The number of carbonyl (C=O) groups is 1. The van der Waals surface area contributed by atoms with Gasteiger partial charge in [-0.1, -0.05) is 82.2 Å². The van der Waals surface area contributed by atoms with E-state index in [2.05, 4.69) is 44.6 Å². The van der Waals surface area contributed by atoms with E-state index in [9.17, 15) is 14.5 Å². The largest absolute Gasteiger partial charge is 0.477 e. The molecule has 7 heteroatoms. The Morgan fingerprint density at radius 1 is 1.10 bits per heavy atom. The van der Waals surface area contributed by atoms with E-state index >= 15 is 0 Å². The van der Waals surface area contributed by atoms with E-state index in [1.807, 2.05) is 50.2 Å². The minimum absolute atomic E-state index is 0.0864. The van der Waals surface area contributed by atoms with Gasteiger partial charge >= 0.3 is 13.5 Å². The van der Waals surface area contributed by atoms with Gasteiger partial charge in [0.25, 0.3) is 0 Å². The highest BCUT2D eigenvalue weighted by Crippen LogP contribution is 2.49. The van der Waals surface area contributed by atoms with Crippen LogP contribution in [-0.4, -0.2) is 18.2 Å². The van der Waals surface area contributed by atoms with E-state index < -0.39 is 13.5 Å². The smallest absolute Gasteiger partial charge is 0.348 e. The molecule has 0 bridgehead atoms. The van der Waals surface area contributed by atoms with Crippen LogP contribution in [0.5, 0.6) is 0 Å². The van der Waals surface area contributed by atoms with Crippen LogP contribution in [0.25, 0.3) is 10.4 Å². The number of nitrogens with one attached hydrogen (secondary N) is 1. The van der Waals surface area contributed by atoms with Crippen molar-refractivity contribution in [2.45, 2.75) is 67.2 Å². The number of hydrogen-bond donors (Lipinski definition) is 2. The quantitative estimate of drug-likeness (QED) is 0.159. The number of rotatable bonds is 12. The predicted molar refractivity (Wildman–Crippen MR) is 176 cm³/mol. The maximum atomic E-state index is 13.8. The molecular formula is C35H44NO4PS. The number of hydrogen-bond acceptors (Lipinski definition) is 4. The fraction of sp³-hybridized carbons (Fsp3) is 0.457. The summed E-state index contributed by atoms with van der Waals surface area (Å²) in [6.45, 7) is 13.2. The molecule has 4 rings (SSSR count). The third-order valence-corrected chi connectivity index (χ3v) is 11.6. The average Bonchev–Trinajstić information content (AvgIpc) is 3.61. The number of carboxylic acids is 1. The number of aryl methyl sites for hydroxylation is 2. The van der Waals surface area contributed by atoms with E-state index in [1.54, 1.807) is 12.1 Å². The van der Waals surface area contributed by atoms with Gasteiger partial charge in [-0.25, -0.2) is 4.79 Å². The third kappa shape index (κ3) is 7.95. The lowest BCUT2D eigenvalue weighted by Crippen LogP contribution is -2.17. The molecular weight excluding hydrogens is 561 g/mol. The number of anilines is 1. The normalized spacial score (nSPS) is 19.0. The van der Waals surface area contributed by atoms with Crippen LogP contribution < -0.4 is 10.4 Å². The van der Waals surface area contributed by atoms with Crippen molar-refractivity contribution in [3.8, 4) is 22.3 Å². The molecule has 42 heavy (non-hydrogen) atoms. The molecule has 5 nitrogen and oxygen atoms in total. The third-order valence-electron chi connectivity index (χ3n) is 8.27.